The van der Waals surface area contributed by atoms with Crippen LogP contribution in [0.5, 0.6) is 0 Å². The van der Waals surface area contributed by atoms with Crippen LogP contribution in [0.2, 0.25) is 0 Å². The van der Waals surface area contributed by atoms with Crippen LogP contribution in [0.25, 0.3) is 0 Å². The van der Waals surface area contributed by atoms with Gasteiger partial charge in [0.25, 0.3) is 5.91 Å². The summed E-state index contributed by atoms with van der Waals surface area (Å²) in [6.07, 6.45) is 2.29. The molecule has 3 nitrogen and oxygen atoms in total. The van der Waals surface area contributed by atoms with E-state index in [0.29, 0.717) is 6.54 Å². The number of amides is 1. The Morgan fingerprint density at radius 2 is 2.40 bits per heavy atom. The predicted molar refractivity (Wildman–Crippen MR) is 86.0 cm³/mol. The highest BCUT2D eigenvalue weighted by molar-refractivity contribution is 7.18. The average molecular weight is 306 g/mol. The van der Waals surface area contributed by atoms with Crippen LogP contribution in [0.4, 0.5) is 5.00 Å². The van der Waals surface area contributed by atoms with E-state index >= 15 is 0 Å². The lowest BCUT2D eigenvalue weighted by Crippen LogP contribution is -2.27. The maximum absolute atomic E-state index is 12.2. The maximum atomic E-state index is 12.2. The molecule has 0 atom stereocenters. The van der Waals surface area contributed by atoms with Crippen LogP contribution < -0.4 is 10.2 Å². The van der Waals surface area contributed by atoms with Crippen molar-refractivity contribution >= 4 is 33.6 Å². The molecule has 1 N–H and O–H groups in total. The fourth-order valence-electron chi connectivity index (χ4n) is 2.51. The van der Waals surface area contributed by atoms with Gasteiger partial charge in [-0.3, -0.25) is 4.79 Å². The Balaban J connectivity index is 1.71. The molecule has 20 heavy (non-hydrogen) atoms. The summed E-state index contributed by atoms with van der Waals surface area (Å²) in [7, 11) is 0. The van der Waals surface area contributed by atoms with Crippen molar-refractivity contribution in [3.63, 3.8) is 0 Å². The molecular formula is C15H18N2OS2. The number of aryl methyl sites for hydroxylation is 1. The molecule has 1 aliphatic rings. The molecule has 0 unspecified atom stereocenters. The zero-order chi connectivity index (χ0) is 13.9. The minimum Gasteiger partial charge on any atom is -0.363 e. The second-order valence-corrected chi connectivity index (χ2v) is 6.95. The Hall–Kier alpha value is -1.33. The number of hydrogen-bond acceptors (Lipinski definition) is 4. The van der Waals surface area contributed by atoms with Gasteiger partial charge in [0.2, 0.25) is 0 Å². The lowest BCUT2D eigenvalue weighted by Gasteiger charge is -2.26. The molecule has 0 radical (unpaired) electrons. The maximum Gasteiger partial charge on any atom is 0.261 e. The van der Waals surface area contributed by atoms with Gasteiger partial charge in [-0.25, -0.2) is 0 Å². The van der Waals surface area contributed by atoms with Gasteiger partial charge in [-0.15, -0.1) is 22.7 Å². The number of rotatable bonds is 4. The number of anilines is 1. The molecule has 0 fully saturated rings. The Kier molecular flexibility index (Phi) is 4.08. The molecule has 0 aromatic carbocycles. The van der Waals surface area contributed by atoms with Crippen molar-refractivity contribution in [3.05, 3.63) is 38.9 Å². The molecule has 0 saturated heterocycles. The first kappa shape index (κ1) is 13.6. The molecule has 3 heterocycles. The summed E-state index contributed by atoms with van der Waals surface area (Å²) in [6, 6.07) is 6.13. The summed E-state index contributed by atoms with van der Waals surface area (Å²) in [5.41, 5.74) is 1.34. The van der Waals surface area contributed by atoms with E-state index in [0.717, 1.165) is 24.4 Å². The quantitative estimate of drug-likeness (QED) is 0.937. The summed E-state index contributed by atoms with van der Waals surface area (Å²) < 4.78 is 0. The highest BCUT2D eigenvalue weighted by Crippen LogP contribution is 2.35. The second-order valence-electron chi connectivity index (χ2n) is 4.89. The van der Waals surface area contributed by atoms with Crippen LogP contribution in [0.1, 0.15) is 33.5 Å². The van der Waals surface area contributed by atoms with E-state index in [4.69, 9.17) is 0 Å². The Morgan fingerprint density at radius 3 is 3.15 bits per heavy atom. The largest absolute Gasteiger partial charge is 0.363 e. The zero-order valence-electron chi connectivity index (χ0n) is 11.5. The third kappa shape index (κ3) is 2.74. The molecule has 0 saturated carbocycles. The smallest absolute Gasteiger partial charge is 0.261 e. The molecule has 2 aromatic heterocycles. The highest BCUT2D eigenvalue weighted by atomic mass is 32.1. The van der Waals surface area contributed by atoms with E-state index < -0.39 is 0 Å². The minimum absolute atomic E-state index is 0.0499. The van der Waals surface area contributed by atoms with Crippen LogP contribution in [-0.2, 0) is 13.0 Å². The molecule has 1 amide bonds. The number of thiophene rings is 2. The van der Waals surface area contributed by atoms with E-state index in [1.165, 1.54) is 21.9 Å². The van der Waals surface area contributed by atoms with Gasteiger partial charge in [0.15, 0.2) is 0 Å². The van der Waals surface area contributed by atoms with Crippen molar-refractivity contribution in [1.29, 1.82) is 0 Å². The van der Waals surface area contributed by atoms with Crippen molar-refractivity contribution in [2.45, 2.75) is 26.3 Å². The first-order chi connectivity index (χ1) is 9.78. The molecule has 5 heteroatoms. The summed E-state index contributed by atoms with van der Waals surface area (Å²) in [5.74, 6) is 0.0499. The van der Waals surface area contributed by atoms with Crippen LogP contribution in [0, 0.1) is 0 Å². The number of nitrogens with one attached hydrogen (secondary N) is 1. The van der Waals surface area contributed by atoms with Crippen molar-refractivity contribution in [2.24, 2.45) is 0 Å². The average Bonchev–Trinajstić information content (AvgIpc) is 3.12. The number of hydrogen-bond donors (Lipinski definition) is 1. The molecular weight excluding hydrogens is 288 g/mol. The van der Waals surface area contributed by atoms with Gasteiger partial charge in [-0.1, -0.05) is 6.07 Å². The van der Waals surface area contributed by atoms with Crippen molar-refractivity contribution in [2.75, 3.05) is 18.0 Å². The van der Waals surface area contributed by atoms with Crippen LogP contribution in [0.3, 0.4) is 0 Å². The van der Waals surface area contributed by atoms with E-state index in [2.05, 4.69) is 23.2 Å². The minimum atomic E-state index is 0.0499. The van der Waals surface area contributed by atoms with Gasteiger partial charge in [0.05, 0.1) is 16.4 Å². The fraction of sp³-hybridized carbons (Fsp3) is 0.400. The SMILES string of the molecule is CCN1CCCc2cc(C(=O)NCc3cccs3)sc21. The standard InChI is InChI=1S/C15H18N2OS2/c1-2-17-7-3-5-11-9-13(20-15(11)17)14(18)16-10-12-6-4-8-19-12/h4,6,8-9H,2-3,5,7,10H2,1H3,(H,16,18). The monoisotopic (exact) mass is 306 g/mol. The van der Waals surface area contributed by atoms with Crippen LogP contribution in [-0.4, -0.2) is 19.0 Å². The third-order valence-corrected chi connectivity index (χ3v) is 5.67. The van der Waals surface area contributed by atoms with E-state index in [1.54, 1.807) is 22.7 Å². The number of fused-ring (bicyclic) bond motifs is 1. The summed E-state index contributed by atoms with van der Waals surface area (Å²) >= 11 is 3.30. The topological polar surface area (TPSA) is 32.3 Å². The van der Waals surface area contributed by atoms with Gasteiger partial charge >= 0.3 is 0 Å². The summed E-state index contributed by atoms with van der Waals surface area (Å²) in [5, 5.41) is 6.33. The number of carbonyl (C=O) groups is 1. The molecule has 0 spiro atoms. The number of carbonyl (C=O) groups excluding carboxylic acids is 1. The Bertz CT molecular complexity index is 589. The highest BCUT2D eigenvalue weighted by Gasteiger charge is 2.21. The van der Waals surface area contributed by atoms with Gasteiger partial charge < -0.3 is 10.2 Å². The van der Waals surface area contributed by atoms with E-state index in [1.807, 2.05) is 17.5 Å². The summed E-state index contributed by atoms with van der Waals surface area (Å²) in [6.45, 7) is 4.92. The molecule has 2 aromatic rings. The fourth-order valence-corrected chi connectivity index (χ4v) is 4.37. The molecule has 106 valence electrons. The molecule has 0 bridgehead atoms. The van der Waals surface area contributed by atoms with Crippen LogP contribution in [0.15, 0.2) is 23.6 Å². The molecule has 1 aliphatic heterocycles. The van der Waals surface area contributed by atoms with Crippen LogP contribution >= 0.6 is 22.7 Å². The third-order valence-electron chi connectivity index (χ3n) is 3.56. The molecule has 0 aliphatic carbocycles. The second kappa shape index (κ2) is 5.97. The molecule has 3 rings (SSSR count). The first-order valence-electron chi connectivity index (χ1n) is 6.96. The van der Waals surface area contributed by atoms with E-state index in [9.17, 15) is 4.79 Å². The lowest BCUT2D eigenvalue weighted by atomic mass is 10.1. The Labute approximate surface area is 127 Å². The van der Waals surface area contributed by atoms with Crippen molar-refractivity contribution in [3.8, 4) is 0 Å². The zero-order valence-corrected chi connectivity index (χ0v) is 13.1. The van der Waals surface area contributed by atoms with Gasteiger partial charge in [-0.2, -0.15) is 0 Å². The first-order valence-corrected chi connectivity index (χ1v) is 8.65. The van der Waals surface area contributed by atoms with Gasteiger partial charge in [-0.05, 0) is 42.8 Å². The van der Waals surface area contributed by atoms with Crippen molar-refractivity contribution < 1.29 is 4.79 Å². The number of nitrogens with zero attached hydrogens (tertiary/aromatic N) is 1. The van der Waals surface area contributed by atoms with E-state index in [-0.39, 0.29) is 5.91 Å². The summed E-state index contributed by atoms with van der Waals surface area (Å²) in [4.78, 5) is 16.6. The predicted octanol–water partition coefficient (Wildman–Crippen LogP) is 3.51. The van der Waals surface area contributed by atoms with Crippen molar-refractivity contribution in [1.82, 2.24) is 5.32 Å². The van der Waals surface area contributed by atoms with Gasteiger partial charge in [0, 0.05) is 18.0 Å². The normalized spacial score (nSPS) is 14.2. The Morgan fingerprint density at radius 1 is 1.50 bits per heavy atom. The van der Waals surface area contributed by atoms with Gasteiger partial charge in [0.1, 0.15) is 0 Å². The lowest BCUT2D eigenvalue weighted by molar-refractivity contribution is 0.0955.